The molecule has 4 rings (SSSR count). The van der Waals surface area contributed by atoms with Crippen LogP contribution in [-0.2, 0) is 17.8 Å². The van der Waals surface area contributed by atoms with Crippen LogP contribution in [0.25, 0.3) is 4.85 Å². The molecule has 1 fully saturated rings. The normalized spacial score (nSPS) is 14.3. The lowest BCUT2D eigenvalue weighted by molar-refractivity contribution is -0.117. The minimum Gasteiger partial charge on any atom is -0.481 e. The summed E-state index contributed by atoms with van der Waals surface area (Å²) in [4.78, 5) is 27.6. The lowest BCUT2D eigenvalue weighted by atomic mass is 10.0. The van der Waals surface area contributed by atoms with Gasteiger partial charge in [-0.3, -0.25) is 4.79 Å². The fraction of sp³-hybridized carbons (Fsp3) is 0.345. The molecule has 0 aliphatic carbocycles. The van der Waals surface area contributed by atoms with Crippen LogP contribution in [0.2, 0.25) is 0 Å². The summed E-state index contributed by atoms with van der Waals surface area (Å²) >= 11 is 1.17. The van der Waals surface area contributed by atoms with Gasteiger partial charge in [-0.25, -0.2) is 14.8 Å². The van der Waals surface area contributed by atoms with Gasteiger partial charge in [0.1, 0.15) is 22.2 Å². The monoisotopic (exact) mass is 541 g/mol. The number of nitrogens with one attached hydrogen (secondary N) is 1. The number of piperidine rings is 1. The molecule has 1 aliphatic rings. The third-order valence-corrected chi connectivity index (χ3v) is 8.00. The molecule has 1 aromatic carbocycles. The molecule has 3 N–H and O–H groups in total. The number of primary amides is 1. The van der Waals surface area contributed by atoms with Crippen molar-refractivity contribution in [2.75, 3.05) is 25.1 Å². The van der Waals surface area contributed by atoms with Gasteiger partial charge in [0.05, 0.1) is 24.9 Å². The van der Waals surface area contributed by atoms with Crippen molar-refractivity contribution in [3.8, 4) is 11.9 Å². The Hall–Kier alpha value is -4.12. The van der Waals surface area contributed by atoms with Crippen LogP contribution >= 0.6 is 11.8 Å². The van der Waals surface area contributed by atoms with Crippen LogP contribution in [0.1, 0.15) is 47.4 Å². The van der Waals surface area contributed by atoms with Gasteiger partial charge in [0.25, 0.3) is 0 Å². The number of ether oxygens (including phenoxy) is 1. The van der Waals surface area contributed by atoms with Crippen LogP contribution in [0.3, 0.4) is 0 Å². The number of hydrogen-bond donors (Lipinski definition) is 2. The first kappa shape index (κ1) is 27.9. The Morgan fingerprint density at radius 3 is 2.62 bits per heavy atom. The first-order chi connectivity index (χ1) is 19.0. The van der Waals surface area contributed by atoms with Crippen molar-refractivity contribution in [1.29, 1.82) is 5.26 Å². The molecule has 0 bridgehead atoms. The van der Waals surface area contributed by atoms with E-state index in [1.807, 2.05) is 55.5 Å². The van der Waals surface area contributed by atoms with Crippen molar-refractivity contribution in [3.05, 3.63) is 82.3 Å². The standard InChI is InChI=1S/C29H31N7O2S/c1-4-22-23(17-30)29(39-26(27(31)37)19-9-6-5-7-10-19)35-28(25(22)32-2)36-15-13-20(14-16-36)33-18-21-11-8-12-24(34-21)38-3/h5-12,20,26,33H,4,13-16,18H2,1,3H3,(H2,31,37). The van der Waals surface area contributed by atoms with Gasteiger partial charge in [0, 0.05) is 31.7 Å². The summed E-state index contributed by atoms with van der Waals surface area (Å²) < 4.78 is 5.21. The molecular formula is C29H31N7O2S. The van der Waals surface area contributed by atoms with Crippen LogP contribution in [0.4, 0.5) is 11.5 Å². The minimum atomic E-state index is -0.706. The van der Waals surface area contributed by atoms with E-state index in [0.717, 1.165) is 24.1 Å². The van der Waals surface area contributed by atoms with E-state index in [4.69, 9.17) is 22.0 Å². The molecule has 3 aromatic rings. The second-order valence-electron chi connectivity index (χ2n) is 9.14. The zero-order valence-corrected chi connectivity index (χ0v) is 22.9. The Balaban J connectivity index is 1.56. The van der Waals surface area contributed by atoms with Gasteiger partial charge in [-0.1, -0.05) is 55.1 Å². The van der Waals surface area contributed by atoms with Crippen molar-refractivity contribution < 1.29 is 9.53 Å². The highest BCUT2D eigenvalue weighted by Crippen LogP contribution is 2.43. The number of amides is 1. The smallest absolute Gasteiger partial charge is 0.235 e. The molecule has 1 atom stereocenters. The Kier molecular flexibility index (Phi) is 9.37. The van der Waals surface area contributed by atoms with E-state index < -0.39 is 11.2 Å². The van der Waals surface area contributed by atoms with Crippen LogP contribution < -0.4 is 20.7 Å². The molecule has 10 heteroatoms. The maximum Gasteiger partial charge on any atom is 0.235 e. The van der Waals surface area contributed by atoms with E-state index in [2.05, 4.69) is 26.1 Å². The average Bonchev–Trinajstić information content (AvgIpc) is 2.98. The molecule has 1 aliphatic heterocycles. The second kappa shape index (κ2) is 13.1. The minimum absolute atomic E-state index is 0.292. The van der Waals surface area contributed by atoms with Crippen LogP contribution in [-0.4, -0.2) is 42.1 Å². The molecule has 200 valence electrons. The van der Waals surface area contributed by atoms with E-state index in [1.54, 1.807) is 7.11 Å². The number of carbonyl (C=O) groups excluding carboxylic acids is 1. The van der Waals surface area contributed by atoms with Gasteiger partial charge in [-0.15, -0.1) is 0 Å². The molecule has 0 radical (unpaired) electrons. The van der Waals surface area contributed by atoms with Crippen LogP contribution in [0.15, 0.2) is 53.6 Å². The predicted octanol–water partition coefficient (Wildman–Crippen LogP) is 4.55. The van der Waals surface area contributed by atoms with Crippen molar-refractivity contribution in [3.63, 3.8) is 0 Å². The topological polar surface area (TPSA) is 122 Å². The largest absolute Gasteiger partial charge is 0.481 e. The highest BCUT2D eigenvalue weighted by atomic mass is 32.2. The van der Waals surface area contributed by atoms with Crippen molar-refractivity contribution in [1.82, 2.24) is 15.3 Å². The zero-order valence-electron chi connectivity index (χ0n) is 22.1. The molecule has 1 unspecified atom stereocenters. The van der Waals surface area contributed by atoms with Gasteiger partial charge in [0.15, 0.2) is 0 Å². The van der Waals surface area contributed by atoms with E-state index in [9.17, 15) is 10.1 Å². The van der Waals surface area contributed by atoms with Crippen molar-refractivity contribution >= 4 is 29.2 Å². The Morgan fingerprint density at radius 1 is 1.26 bits per heavy atom. The first-order valence-corrected chi connectivity index (χ1v) is 13.7. The van der Waals surface area contributed by atoms with Gasteiger partial charge in [0.2, 0.25) is 17.5 Å². The Bertz CT molecular complexity index is 1390. The summed E-state index contributed by atoms with van der Waals surface area (Å²) in [6.07, 6.45) is 2.23. The predicted molar refractivity (Wildman–Crippen MR) is 152 cm³/mol. The van der Waals surface area contributed by atoms with E-state index >= 15 is 0 Å². The van der Waals surface area contributed by atoms with Gasteiger partial charge in [-0.2, -0.15) is 5.26 Å². The van der Waals surface area contributed by atoms with Crippen LogP contribution in [0, 0.1) is 17.9 Å². The number of rotatable bonds is 10. The molecule has 1 saturated heterocycles. The van der Waals surface area contributed by atoms with Crippen molar-refractivity contribution in [2.24, 2.45) is 5.73 Å². The molecule has 2 aromatic heterocycles. The number of anilines is 1. The number of nitrogens with zero attached hydrogens (tertiary/aromatic N) is 5. The summed E-state index contributed by atoms with van der Waals surface area (Å²) in [6.45, 7) is 11.9. The number of benzene rings is 1. The first-order valence-electron chi connectivity index (χ1n) is 12.8. The number of methoxy groups -OCH3 is 1. The fourth-order valence-electron chi connectivity index (χ4n) is 4.71. The lowest BCUT2D eigenvalue weighted by Crippen LogP contribution is -2.42. The average molecular weight is 542 g/mol. The summed E-state index contributed by atoms with van der Waals surface area (Å²) in [6, 6.07) is 17.5. The SMILES string of the molecule is [C-]#[N+]c1c(N2CCC(NCc3cccc(OC)n3)CC2)nc(SC(C(N)=O)c2ccccc2)c(C#N)c1CC. The maximum atomic E-state index is 12.4. The fourth-order valence-corrected chi connectivity index (χ4v) is 5.77. The van der Waals surface area contributed by atoms with Gasteiger partial charge < -0.3 is 20.7 Å². The number of pyridine rings is 2. The Morgan fingerprint density at radius 2 is 2.00 bits per heavy atom. The number of nitrogens with two attached hydrogens (primary N) is 1. The number of hydrogen-bond acceptors (Lipinski definition) is 8. The summed E-state index contributed by atoms with van der Waals surface area (Å²) in [5.74, 6) is 0.643. The van der Waals surface area contributed by atoms with E-state index in [1.165, 1.54) is 11.8 Å². The number of nitriles is 1. The van der Waals surface area contributed by atoms with E-state index in [0.29, 0.717) is 65.6 Å². The molecule has 9 nitrogen and oxygen atoms in total. The molecule has 0 saturated carbocycles. The highest BCUT2D eigenvalue weighted by Gasteiger charge is 2.29. The van der Waals surface area contributed by atoms with Gasteiger partial charge in [-0.05, 0) is 36.5 Å². The Labute approximate surface area is 233 Å². The maximum absolute atomic E-state index is 12.4. The quantitative estimate of drug-likeness (QED) is 0.283. The third kappa shape index (κ3) is 6.48. The van der Waals surface area contributed by atoms with Crippen molar-refractivity contribution in [2.45, 2.75) is 49.0 Å². The highest BCUT2D eigenvalue weighted by molar-refractivity contribution is 8.00. The number of thioether (sulfide) groups is 1. The third-order valence-electron chi connectivity index (χ3n) is 6.74. The summed E-state index contributed by atoms with van der Waals surface area (Å²) in [5.41, 5.74) is 8.82. The number of aromatic nitrogens is 2. The zero-order chi connectivity index (χ0) is 27.8. The summed E-state index contributed by atoms with van der Waals surface area (Å²) in [5, 5.41) is 13.3. The molecule has 1 amide bonds. The molecular weight excluding hydrogens is 510 g/mol. The number of carbonyl (C=O) groups is 1. The summed E-state index contributed by atoms with van der Waals surface area (Å²) in [7, 11) is 1.60. The van der Waals surface area contributed by atoms with Gasteiger partial charge >= 0.3 is 0 Å². The molecule has 3 heterocycles. The van der Waals surface area contributed by atoms with Crippen LogP contribution in [0.5, 0.6) is 5.88 Å². The molecule has 0 spiro atoms. The second-order valence-corrected chi connectivity index (χ2v) is 10.2. The lowest BCUT2D eigenvalue weighted by Gasteiger charge is -2.34. The molecule has 39 heavy (non-hydrogen) atoms. The van der Waals surface area contributed by atoms with E-state index in [-0.39, 0.29) is 0 Å².